The normalized spacial score (nSPS) is 25.8. The van der Waals surface area contributed by atoms with E-state index in [4.69, 9.17) is 0 Å². The van der Waals surface area contributed by atoms with Gasteiger partial charge >= 0.3 is 0 Å². The van der Waals surface area contributed by atoms with E-state index in [0.29, 0.717) is 0 Å². The van der Waals surface area contributed by atoms with Gasteiger partial charge in [-0.2, -0.15) is 5.10 Å². The molecule has 0 aromatic heterocycles. The molecule has 1 rings (SSSR count). The Morgan fingerprint density at radius 3 is 2.78 bits per heavy atom. The molecule has 3 heteroatoms. The average molecular weight is 126 g/mol. The summed E-state index contributed by atoms with van der Waals surface area (Å²) in [5.74, 6) is 0.146. The van der Waals surface area contributed by atoms with Gasteiger partial charge in [-0.1, -0.05) is 6.92 Å². The summed E-state index contributed by atoms with van der Waals surface area (Å²) < 4.78 is 0. The van der Waals surface area contributed by atoms with Crippen molar-refractivity contribution in [3.8, 4) is 0 Å². The van der Waals surface area contributed by atoms with Crippen LogP contribution in [0.15, 0.2) is 5.10 Å². The van der Waals surface area contributed by atoms with Crippen molar-refractivity contribution in [2.45, 2.75) is 13.3 Å². The fourth-order valence-electron chi connectivity index (χ4n) is 0.821. The maximum atomic E-state index is 10.9. The maximum absolute atomic E-state index is 10.9. The van der Waals surface area contributed by atoms with Gasteiger partial charge in [-0.05, 0) is 6.42 Å². The third-order valence-electron chi connectivity index (χ3n) is 1.50. The molecule has 0 saturated heterocycles. The molecule has 0 fully saturated rings. The highest BCUT2D eigenvalue weighted by Crippen LogP contribution is 2.09. The van der Waals surface area contributed by atoms with Crippen LogP contribution in [0, 0.1) is 5.92 Å². The predicted molar refractivity (Wildman–Crippen MR) is 35.0 cm³/mol. The van der Waals surface area contributed by atoms with Gasteiger partial charge in [-0.15, -0.1) is 0 Å². The van der Waals surface area contributed by atoms with Gasteiger partial charge in [0.05, 0.1) is 5.92 Å². The van der Waals surface area contributed by atoms with Crippen LogP contribution in [0.25, 0.3) is 0 Å². The number of hydrogen-bond acceptors (Lipinski definition) is 2. The average Bonchev–Trinajstić information content (AvgIpc) is 2.15. The third kappa shape index (κ3) is 0.943. The second kappa shape index (κ2) is 2.17. The molecule has 1 heterocycles. The van der Waals surface area contributed by atoms with Gasteiger partial charge in [0, 0.05) is 13.3 Å². The number of nitrogens with zero attached hydrogens (tertiary/aromatic N) is 2. The van der Waals surface area contributed by atoms with Crippen LogP contribution in [0.4, 0.5) is 0 Å². The number of amides is 1. The summed E-state index contributed by atoms with van der Waals surface area (Å²) in [7, 11) is 1.68. The minimum Gasteiger partial charge on any atom is -0.272 e. The fraction of sp³-hybridized carbons (Fsp3) is 0.667. The lowest BCUT2D eigenvalue weighted by Crippen LogP contribution is -2.21. The standard InChI is InChI=1S/C6H10N2O/c1-3-5-4-7-8(2)6(5)9/h4-5H,3H2,1-2H3. The Morgan fingerprint density at radius 2 is 2.56 bits per heavy atom. The number of carbonyl (C=O) groups excluding carboxylic acids is 1. The van der Waals surface area contributed by atoms with E-state index in [1.165, 1.54) is 5.01 Å². The lowest BCUT2D eigenvalue weighted by molar-refractivity contribution is -0.130. The van der Waals surface area contributed by atoms with Gasteiger partial charge in [0.1, 0.15) is 0 Å². The van der Waals surface area contributed by atoms with E-state index in [1.54, 1.807) is 13.3 Å². The second-order valence-electron chi connectivity index (χ2n) is 2.14. The van der Waals surface area contributed by atoms with E-state index in [0.717, 1.165) is 6.42 Å². The van der Waals surface area contributed by atoms with E-state index in [9.17, 15) is 4.79 Å². The molecule has 0 aromatic rings. The zero-order valence-electron chi connectivity index (χ0n) is 5.66. The molecule has 0 radical (unpaired) electrons. The van der Waals surface area contributed by atoms with Gasteiger partial charge in [0.25, 0.3) is 5.91 Å². The maximum Gasteiger partial charge on any atom is 0.250 e. The molecule has 1 atom stereocenters. The van der Waals surface area contributed by atoms with Crippen LogP contribution in [0.3, 0.4) is 0 Å². The highest BCUT2D eigenvalue weighted by Gasteiger charge is 2.22. The first-order valence-electron chi connectivity index (χ1n) is 3.07. The smallest absolute Gasteiger partial charge is 0.250 e. The van der Waals surface area contributed by atoms with Gasteiger partial charge in [-0.25, -0.2) is 5.01 Å². The summed E-state index contributed by atoms with van der Waals surface area (Å²) in [6.45, 7) is 1.98. The Labute approximate surface area is 54.3 Å². The summed E-state index contributed by atoms with van der Waals surface area (Å²) in [6.07, 6.45) is 2.55. The predicted octanol–water partition coefficient (Wildman–Crippen LogP) is 0.470. The molecular formula is C6H10N2O. The van der Waals surface area contributed by atoms with Crippen molar-refractivity contribution in [2.75, 3.05) is 7.05 Å². The van der Waals surface area contributed by atoms with Crippen LogP contribution >= 0.6 is 0 Å². The largest absolute Gasteiger partial charge is 0.272 e. The number of hydrazone groups is 1. The van der Waals surface area contributed by atoms with Crippen molar-refractivity contribution >= 4 is 12.1 Å². The monoisotopic (exact) mass is 126 g/mol. The number of hydrogen-bond donors (Lipinski definition) is 0. The van der Waals surface area contributed by atoms with Gasteiger partial charge in [-0.3, -0.25) is 4.79 Å². The van der Waals surface area contributed by atoms with Crippen molar-refractivity contribution < 1.29 is 4.79 Å². The molecule has 50 valence electrons. The first kappa shape index (κ1) is 6.26. The first-order chi connectivity index (χ1) is 4.25. The zero-order chi connectivity index (χ0) is 6.85. The summed E-state index contributed by atoms with van der Waals surface area (Å²) in [6, 6.07) is 0. The summed E-state index contributed by atoms with van der Waals surface area (Å²) >= 11 is 0. The highest BCUT2D eigenvalue weighted by molar-refractivity contribution is 5.96. The molecule has 0 aromatic carbocycles. The van der Waals surface area contributed by atoms with Crippen LogP contribution < -0.4 is 0 Å². The Balaban J connectivity index is 2.62. The van der Waals surface area contributed by atoms with Crippen molar-refractivity contribution in [3.63, 3.8) is 0 Å². The van der Waals surface area contributed by atoms with Gasteiger partial charge in [0.2, 0.25) is 0 Å². The molecular weight excluding hydrogens is 116 g/mol. The molecule has 0 bridgehead atoms. The van der Waals surface area contributed by atoms with Crippen LogP contribution in [0.1, 0.15) is 13.3 Å². The van der Waals surface area contributed by atoms with E-state index < -0.39 is 0 Å². The van der Waals surface area contributed by atoms with Crippen molar-refractivity contribution in [1.82, 2.24) is 5.01 Å². The molecule has 1 unspecified atom stereocenters. The Kier molecular flexibility index (Phi) is 1.51. The van der Waals surface area contributed by atoms with Crippen LogP contribution in [0.2, 0.25) is 0 Å². The Morgan fingerprint density at radius 1 is 1.89 bits per heavy atom. The molecule has 0 aliphatic carbocycles. The molecule has 3 nitrogen and oxygen atoms in total. The molecule has 0 saturated carbocycles. The number of rotatable bonds is 1. The van der Waals surface area contributed by atoms with Gasteiger partial charge in [0.15, 0.2) is 0 Å². The fourth-order valence-corrected chi connectivity index (χ4v) is 0.821. The summed E-state index contributed by atoms with van der Waals surface area (Å²) in [4.78, 5) is 10.9. The third-order valence-corrected chi connectivity index (χ3v) is 1.50. The molecule has 0 spiro atoms. The topological polar surface area (TPSA) is 32.7 Å². The highest BCUT2D eigenvalue weighted by atomic mass is 16.2. The minimum absolute atomic E-state index is 0.0370. The van der Waals surface area contributed by atoms with Gasteiger partial charge < -0.3 is 0 Å². The molecule has 1 aliphatic heterocycles. The van der Waals surface area contributed by atoms with Crippen LogP contribution in [-0.2, 0) is 4.79 Å². The quantitative estimate of drug-likeness (QED) is 0.502. The molecule has 1 aliphatic rings. The minimum atomic E-state index is 0.0370. The lowest BCUT2D eigenvalue weighted by Gasteiger charge is -2.04. The lowest BCUT2D eigenvalue weighted by atomic mass is 10.1. The SMILES string of the molecule is CCC1C=NN(C)C1=O. The van der Waals surface area contributed by atoms with E-state index >= 15 is 0 Å². The Hall–Kier alpha value is -0.860. The second-order valence-corrected chi connectivity index (χ2v) is 2.14. The van der Waals surface area contributed by atoms with Crippen LogP contribution in [0.5, 0.6) is 0 Å². The molecule has 9 heavy (non-hydrogen) atoms. The van der Waals surface area contributed by atoms with Crippen LogP contribution in [-0.4, -0.2) is 24.2 Å². The molecule has 1 amide bonds. The first-order valence-corrected chi connectivity index (χ1v) is 3.07. The van der Waals surface area contributed by atoms with E-state index in [1.807, 2.05) is 6.92 Å². The van der Waals surface area contributed by atoms with Crippen molar-refractivity contribution in [1.29, 1.82) is 0 Å². The van der Waals surface area contributed by atoms with E-state index in [-0.39, 0.29) is 11.8 Å². The summed E-state index contributed by atoms with van der Waals surface area (Å²) in [5, 5.41) is 5.21. The zero-order valence-corrected chi connectivity index (χ0v) is 5.66. The summed E-state index contributed by atoms with van der Waals surface area (Å²) in [5.41, 5.74) is 0. The number of carbonyl (C=O) groups is 1. The molecule has 0 N–H and O–H groups in total. The van der Waals surface area contributed by atoms with Crippen molar-refractivity contribution in [2.24, 2.45) is 11.0 Å². The van der Waals surface area contributed by atoms with E-state index in [2.05, 4.69) is 5.10 Å². The Bertz CT molecular complexity index is 153. The van der Waals surface area contributed by atoms with Crippen molar-refractivity contribution in [3.05, 3.63) is 0 Å².